The van der Waals surface area contributed by atoms with E-state index in [0.29, 0.717) is 0 Å². The molecule has 4 rings (SSSR count). The minimum atomic E-state index is 0.201. The molecule has 1 atom stereocenters. The Morgan fingerprint density at radius 2 is 2.05 bits per heavy atom. The molecule has 0 spiro atoms. The third-order valence-electron chi connectivity index (χ3n) is 4.99. The van der Waals surface area contributed by atoms with Crippen LogP contribution in [0, 0.1) is 0 Å². The number of benzene rings is 1. The molecule has 4 nitrogen and oxygen atoms in total. The summed E-state index contributed by atoms with van der Waals surface area (Å²) < 4.78 is 2.43. The number of carbonyl (C=O) groups excluding carboxylic acids is 1. The van der Waals surface area contributed by atoms with E-state index >= 15 is 0 Å². The molecule has 0 bridgehead atoms. The Kier molecular flexibility index (Phi) is 2.82. The van der Waals surface area contributed by atoms with Crippen molar-refractivity contribution in [2.75, 3.05) is 20.1 Å². The second kappa shape index (κ2) is 4.60. The van der Waals surface area contributed by atoms with Crippen molar-refractivity contribution in [1.82, 2.24) is 14.4 Å². The van der Waals surface area contributed by atoms with Crippen LogP contribution in [0.1, 0.15) is 30.6 Å². The number of amides is 1. The molecular weight excluding hydrogens is 262 g/mol. The number of nitrogens with zero attached hydrogens (tertiary/aromatic N) is 3. The fraction of sp³-hybridized carbons (Fsp3) is 0.471. The first-order valence-corrected chi connectivity index (χ1v) is 7.72. The Morgan fingerprint density at radius 3 is 2.86 bits per heavy atom. The molecule has 0 N–H and O–H groups in total. The van der Waals surface area contributed by atoms with Crippen LogP contribution < -0.4 is 0 Å². The van der Waals surface area contributed by atoms with E-state index in [2.05, 4.69) is 45.7 Å². The summed E-state index contributed by atoms with van der Waals surface area (Å²) >= 11 is 0. The lowest BCUT2D eigenvalue weighted by Gasteiger charge is -2.35. The van der Waals surface area contributed by atoms with Gasteiger partial charge in [-0.25, -0.2) is 0 Å². The Bertz CT molecular complexity index is 718. The summed E-state index contributed by atoms with van der Waals surface area (Å²) in [5.41, 5.74) is 4.15. The number of carbonyl (C=O) groups is 1. The summed E-state index contributed by atoms with van der Waals surface area (Å²) in [4.78, 5) is 16.4. The van der Waals surface area contributed by atoms with Crippen molar-refractivity contribution in [3.8, 4) is 0 Å². The molecule has 0 fully saturated rings. The fourth-order valence-corrected chi connectivity index (χ4v) is 4.05. The summed E-state index contributed by atoms with van der Waals surface area (Å²) in [7, 11) is 2.16. The van der Waals surface area contributed by atoms with Crippen LogP contribution in [0.4, 0.5) is 0 Å². The summed E-state index contributed by atoms with van der Waals surface area (Å²) in [6.45, 7) is 4.50. The van der Waals surface area contributed by atoms with Gasteiger partial charge in [0.1, 0.15) is 0 Å². The molecule has 110 valence electrons. The van der Waals surface area contributed by atoms with E-state index in [1.807, 2.05) is 0 Å². The summed E-state index contributed by atoms with van der Waals surface area (Å²) in [6, 6.07) is 8.91. The monoisotopic (exact) mass is 283 g/mol. The van der Waals surface area contributed by atoms with Gasteiger partial charge < -0.3 is 9.47 Å². The molecule has 1 aromatic heterocycles. The molecule has 0 saturated carbocycles. The first-order chi connectivity index (χ1) is 10.2. The van der Waals surface area contributed by atoms with Crippen LogP contribution in [0.3, 0.4) is 0 Å². The molecule has 1 unspecified atom stereocenters. The highest BCUT2D eigenvalue weighted by Gasteiger charge is 2.35. The minimum Gasteiger partial charge on any atom is -0.334 e. The van der Waals surface area contributed by atoms with Crippen molar-refractivity contribution in [3.63, 3.8) is 0 Å². The average Bonchev–Trinajstić information content (AvgIpc) is 2.67. The highest BCUT2D eigenvalue weighted by atomic mass is 16.2. The second-order valence-electron chi connectivity index (χ2n) is 6.30. The zero-order valence-electron chi connectivity index (χ0n) is 12.7. The molecule has 1 amide bonds. The van der Waals surface area contributed by atoms with Gasteiger partial charge >= 0.3 is 0 Å². The summed E-state index contributed by atoms with van der Waals surface area (Å²) in [6.07, 6.45) is 2.00. The molecular formula is C17H21N3O. The lowest BCUT2D eigenvalue weighted by molar-refractivity contribution is -0.131. The summed E-state index contributed by atoms with van der Waals surface area (Å²) in [5, 5.41) is 1.37. The third-order valence-corrected chi connectivity index (χ3v) is 4.99. The zero-order valence-corrected chi connectivity index (χ0v) is 12.7. The maximum atomic E-state index is 12.0. The topological polar surface area (TPSA) is 28.5 Å². The molecule has 2 aliphatic rings. The minimum absolute atomic E-state index is 0.201. The van der Waals surface area contributed by atoms with Gasteiger partial charge in [0.15, 0.2) is 0 Å². The maximum Gasteiger partial charge on any atom is 0.220 e. The van der Waals surface area contributed by atoms with E-state index in [9.17, 15) is 4.79 Å². The summed E-state index contributed by atoms with van der Waals surface area (Å²) in [5.74, 6) is 0.201. The highest BCUT2D eigenvalue weighted by Crippen LogP contribution is 2.40. The van der Waals surface area contributed by atoms with Gasteiger partial charge in [-0.1, -0.05) is 18.2 Å². The van der Waals surface area contributed by atoms with E-state index in [4.69, 9.17) is 0 Å². The van der Waals surface area contributed by atoms with E-state index in [0.717, 1.165) is 32.6 Å². The number of fused-ring (bicyclic) bond motifs is 3. The first-order valence-electron chi connectivity index (χ1n) is 7.72. The predicted molar refractivity (Wildman–Crippen MR) is 83.0 cm³/mol. The van der Waals surface area contributed by atoms with Crippen molar-refractivity contribution in [1.29, 1.82) is 0 Å². The van der Waals surface area contributed by atoms with Crippen LogP contribution in [-0.4, -0.2) is 40.4 Å². The van der Waals surface area contributed by atoms with Gasteiger partial charge in [0, 0.05) is 36.6 Å². The second-order valence-corrected chi connectivity index (χ2v) is 6.30. The van der Waals surface area contributed by atoms with Crippen LogP contribution in [0.25, 0.3) is 10.9 Å². The standard InChI is InChI=1S/C17H21N3O/c1-12(21)19-10-7-14-13-5-3-4-6-15(13)20-11-18(2)9-8-16(19)17(14)20/h3-6,16H,7-11H2,1-2H3. The molecule has 0 radical (unpaired) electrons. The molecule has 4 heteroatoms. The molecule has 1 aromatic carbocycles. The van der Waals surface area contributed by atoms with Crippen molar-refractivity contribution in [2.24, 2.45) is 0 Å². The Labute approximate surface area is 124 Å². The van der Waals surface area contributed by atoms with Gasteiger partial charge in [0.25, 0.3) is 0 Å². The van der Waals surface area contributed by atoms with Crippen LogP contribution >= 0.6 is 0 Å². The zero-order chi connectivity index (χ0) is 14.6. The lowest BCUT2D eigenvalue weighted by atomic mass is 9.95. The smallest absolute Gasteiger partial charge is 0.220 e. The Balaban J connectivity index is 1.99. The van der Waals surface area contributed by atoms with E-state index in [1.165, 1.54) is 22.2 Å². The van der Waals surface area contributed by atoms with Gasteiger partial charge in [-0.05, 0) is 31.5 Å². The Morgan fingerprint density at radius 1 is 1.24 bits per heavy atom. The Hall–Kier alpha value is -1.81. The largest absolute Gasteiger partial charge is 0.334 e. The van der Waals surface area contributed by atoms with Crippen LogP contribution in [0.2, 0.25) is 0 Å². The number of hydrogen-bond donors (Lipinski definition) is 0. The van der Waals surface area contributed by atoms with Gasteiger partial charge in [-0.3, -0.25) is 9.69 Å². The highest BCUT2D eigenvalue weighted by molar-refractivity contribution is 5.87. The molecule has 2 aliphatic heterocycles. The number of rotatable bonds is 0. The van der Waals surface area contributed by atoms with Gasteiger partial charge in [-0.15, -0.1) is 0 Å². The third kappa shape index (κ3) is 1.82. The van der Waals surface area contributed by atoms with Gasteiger partial charge in [0.2, 0.25) is 5.91 Å². The quantitative estimate of drug-likeness (QED) is 0.742. The van der Waals surface area contributed by atoms with Crippen molar-refractivity contribution < 1.29 is 4.79 Å². The molecule has 3 heterocycles. The normalized spacial score (nSPS) is 22.2. The van der Waals surface area contributed by atoms with Gasteiger partial charge in [-0.2, -0.15) is 0 Å². The van der Waals surface area contributed by atoms with E-state index in [-0.39, 0.29) is 11.9 Å². The van der Waals surface area contributed by atoms with Crippen molar-refractivity contribution in [2.45, 2.75) is 32.5 Å². The van der Waals surface area contributed by atoms with Gasteiger partial charge in [0.05, 0.1) is 12.7 Å². The molecule has 21 heavy (non-hydrogen) atoms. The predicted octanol–water partition coefficient (Wildman–Crippen LogP) is 2.38. The maximum absolute atomic E-state index is 12.0. The molecule has 0 aliphatic carbocycles. The van der Waals surface area contributed by atoms with Crippen LogP contribution in [-0.2, 0) is 17.9 Å². The first kappa shape index (κ1) is 12.9. The van der Waals surface area contributed by atoms with Crippen LogP contribution in [0.5, 0.6) is 0 Å². The molecule has 0 saturated heterocycles. The van der Waals surface area contributed by atoms with E-state index < -0.39 is 0 Å². The lowest BCUT2D eigenvalue weighted by Crippen LogP contribution is -2.39. The number of hydrogen-bond acceptors (Lipinski definition) is 2. The van der Waals surface area contributed by atoms with E-state index in [1.54, 1.807) is 6.92 Å². The SMILES string of the molecule is CC(=O)N1CCc2c3n(c4ccccc24)CN(C)CCC31. The van der Waals surface area contributed by atoms with Crippen molar-refractivity contribution >= 4 is 16.8 Å². The average molecular weight is 283 g/mol. The molecule has 2 aromatic rings. The fourth-order valence-electron chi connectivity index (χ4n) is 4.05. The van der Waals surface area contributed by atoms with Crippen molar-refractivity contribution in [3.05, 3.63) is 35.5 Å². The van der Waals surface area contributed by atoms with Crippen LogP contribution in [0.15, 0.2) is 24.3 Å². The number of para-hydroxylation sites is 1. The number of aromatic nitrogens is 1.